The summed E-state index contributed by atoms with van der Waals surface area (Å²) in [4.78, 5) is 14.2. The second-order valence-electron chi connectivity index (χ2n) is 4.71. The summed E-state index contributed by atoms with van der Waals surface area (Å²) >= 11 is 6.11. The van der Waals surface area contributed by atoms with E-state index in [0.717, 1.165) is 30.7 Å². The Morgan fingerprint density at radius 3 is 2.59 bits per heavy atom. The van der Waals surface area contributed by atoms with E-state index in [-0.39, 0.29) is 11.3 Å². The Morgan fingerprint density at radius 1 is 1.35 bits per heavy atom. The second kappa shape index (κ2) is 4.73. The first-order chi connectivity index (χ1) is 8.00. The van der Waals surface area contributed by atoms with Crippen LogP contribution >= 0.6 is 11.6 Å². The third-order valence-electron chi connectivity index (χ3n) is 3.43. The highest BCUT2D eigenvalue weighted by molar-refractivity contribution is 6.21. The molecule has 0 bridgehead atoms. The molecule has 17 heavy (non-hydrogen) atoms. The lowest BCUT2D eigenvalue weighted by Gasteiger charge is -2.29. The summed E-state index contributed by atoms with van der Waals surface area (Å²) in [5.74, 6) is 1.59. The van der Waals surface area contributed by atoms with E-state index in [2.05, 4.69) is 0 Å². The van der Waals surface area contributed by atoms with Gasteiger partial charge in [-0.3, -0.25) is 4.79 Å². The molecule has 0 spiro atoms. The van der Waals surface area contributed by atoms with Crippen molar-refractivity contribution in [2.45, 2.75) is 39.0 Å². The molecule has 1 unspecified atom stereocenters. The smallest absolute Gasteiger partial charge is 0.257 e. The van der Waals surface area contributed by atoms with Crippen molar-refractivity contribution < 1.29 is 9.21 Å². The zero-order chi connectivity index (χ0) is 12.6. The number of halogens is 1. The average Bonchev–Trinajstić information content (AvgIpc) is 2.52. The van der Waals surface area contributed by atoms with Crippen LogP contribution in [0.2, 0.25) is 0 Å². The number of carbonyl (C=O) groups is 1. The van der Waals surface area contributed by atoms with E-state index in [1.807, 2.05) is 25.7 Å². The Bertz CT molecular complexity index is 439. The summed E-state index contributed by atoms with van der Waals surface area (Å²) in [5.41, 5.74) is 1.66. The molecule has 0 saturated carbocycles. The molecule has 4 heteroatoms. The quantitative estimate of drug-likeness (QED) is 0.723. The number of likely N-dealkylation sites (tertiary alicyclic amines) is 1. The minimum absolute atomic E-state index is 0.0576. The Labute approximate surface area is 107 Å². The number of rotatable bonds is 1. The Kier molecular flexibility index (Phi) is 3.48. The number of nitrogens with zero attached hydrogens (tertiary/aromatic N) is 1. The zero-order valence-electron chi connectivity index (χ0n) is 10.5. The number of piperidine rings is 1. The van der Waals surface area contributed by atoms with Gasteiger partial charge in [0, 0.05) is 18.7 Å². The highest BCUT2D eigenvalue weighted by Crippen LogP contribution is 2.24. The number of hydrogen-bond donors (Lipinski definition) is 0. The van der Waals surface area contributed by atoms with Gasteiger partial charge in [0.2, 0.25) is 0 Å². The number of amides is 1. The van der Waals surface area contributed by atoms with Gasteiger partial charge in [-0.1, -0.05) is 0 Å². The van der Waals surface area contributed by atoms with Gasteiger partial charge in [-0.2, -0.15) is 0 Å². The molecule has 1 amide bonds. The fourth-order valence-corrected chi connectivity index (χ4v) is 2.70. The summed E-state index contributed by atoms with van der Waals surface area (Å²) < 4.78 is 5.50. The molecule has 1 atom stereocenters. The molecule has 94 valence electrons. The normalized spacial score (nSPS) is 20.7. The van der Waals surface area contributed by atoms with Crippen LogP contribution < -0.4 is 0 Å². The van der Waals surface area contributed by atoms with Crippen molar-refractivity contribution in [1.29, 1.82) is 0 Å². The minimum atomic E-state index is 0.0576. The number of aryl methyl sites for hydroxylation is 2. The molecular formula is C13H18ClNO2. The van der Waals surface area contributed by atoms with Crippen molar-refractivity contribution in [3.8, 4) is 0 Å². The largest absolute Gasteiger partial charge is 0.466 e. The molecule has 0 aromatic carbocycles. The summed E-state index contributed by atoms with van der Waals surface area (Å²) in [7, 11) is 0. The van der Waals surface area contributed by atoms with Crippen molar-refractivity contribution in [3.63, 3.8) is 0 Å². The van der Waals surface area contributed by atoms with Crippen molar-refractivity contribution >= 4 is 17.5 Å². The standard InChI is InChI=1S/C13H18ClNO2/c1-8-9(2)17-10(3)12(8)13(16)15-6-4-5-11(14)7-15/h11H,4-7H2,1-3H3. The highest BCUT2D eigenvalue weighted by atomic mass is 35.5. The van der Waals surface area contributed by atoms with Crippen LogP contribution in [0, 0.1) is 20.8 Å². The molecule has 2 rings (SSSR count). The Balaban J connectivity index is 2.24. The molecule has 0 N–H and O–H groups in total. The zero-order valence-corrected chi connectivity index (χ0v) is 11.3. The first kappa shape index (κ1) is 12.5. The van der Waals surface area contributed by atoms with Crippen LogP contribution in [0.25, 0.3) is 0 Å². The number of furan rings is 1. The van der Waals surface area contributed by atoms with Crippen LogP contribution in [0.5, 0.6) is 0 Å². The number of alkyl halides is 1. The van der Waals surface area contributed by atoms with Gasteiger partial charge in [-0.25, -0.2) is 0 Å². The van der Waals surface area contributed by atoms with Gasteiger partial charge in [-0.15, -0.1) is 11.6 Å². The van der Waals surface area contributed by atoms with E-state index < -0.39 is 0 Å². The lowest BCUT2D eigenvalue weighted by atomic mass is 10.1. The van der Waals surface area contributed by atoms with E-state index in [4.69, 9.17) is 16.0 Å². The lowest BCUT2D eigenvalue weighted by molar-refractivity contribution is 0.0724. The maximum atomic E-state index is 12.4. The predicted molar refractivity (Wildman–Crippen MR) is 67.7 cm³/mol. The van der Waals surface area contributed by atoms with Gasteiger partial charge < -0.3 is 9.32 Å². The van der Waals surface area contributed by atoms with Crippen LogP contribution in [0.1, 0.15) is 40.3 Å². The molecule has 3 nitrogen and oxygen atoms in total. The summed E-state index contributed by atoms with van der Waals surface area (Å²) in [6, 6.07) is 0. The Hall–Kier alpha value is -0.960. The molecule has 1 aromatic heterocycles. The van der Waals surface area contributed by atoms with Gasteiger partial charge in [0.15, 0.2) is 0 Å². The number of carbonyl (C=O) groups excluding carboxylic acids is 1. The van der Waals surface area contributed by atoms with Crippen molar-refractivity contribution in [2.24, 2.45) is 0 Å². The summed E-state index contributed by atoms with van der Waals surface area (Å²) in [5, 5.41) is 0.0845. The third-order valence-corrected chi connectivity index (χ3v) is 3.78. The molecule has 0 aliphatic carbocycles. The second-order valence-corrected chi connectivity index (χ2v) is 5.32. The van der Waals surface area contributed by atoms with Crippen LogP contribution in [0.4, 0.5) is 0 Å². The third kappa shape index (κ3) is 2.34. The van der Waals surface area contributed by atoms with E-state index in [1.54, 1.807) is 0 Å². The minimum Gasteiger partial charge on any atom is -0.466 e. The molecule has 0 radical (unpaired) electrons. The van der Waals surface area contributed by atoms with Gasteiger partial charge in [0.05, 0.1) is 10.9 Å². The topological polar surface area (TPSA) is 33.5 Å². The van der Waals surface area contributed by atoms with Crippen LogP contribution in [0.3, 0.4) is 0 Å². The Morgan fingerprint density at radius 2 is 2.06 bits per heavy atom. The first-order valence-corrected chi connectivity index (χ1v) is 6.44. The summed E-state index contributed by atoms with van der Waals surface area (Å²) in [6.07, 6.45) is 1.97. The monoisotopic (exact) mass is 255 g/mol. The fourth-order valence-electron chi connectivity index (χ4n) is 2.38. The van der Waals surface area contributed by atoms with E-state index in [0.29, 0.717) is 17.9 Å². The van der Waals surface area contributed by atoms with Gasteiger partial charge >= 0.3 is 0 Å². The van der Waals surface area contributed by atoms with Gasteiger partial charge in [-0.05, 0) is 33.6 Å². The molecule has 1 fully saturated rings. The molecule has 2 heterocycles. The van der Waals surface area contributed by atoms with Crippen molar-refractivity contribution in [2.75, 3.05) is 13.1 Å². The SMILES string of the molecule is Cc1oc(C)c(C(=O)N2CCCC(Cl)C2)c1C. The molecule has 1 aliphatic heterocycles. The van der Waals surface area contributed by atoms with E-state index in [1.165, 1.54) is 0 Å². The van der Waals surface area contributed by atoms with Crippen molar-refractivity contribution in [1.82, 2.24) is 4.90 Å². The molecular weight excluding hydrogens is 238 g/mol. The predicted octanol–water partition coefficient (Wildman–Crippen LogP) is 3.05. The molecule has 1 saturated heterocycles. The summed E-state index contributed by atoms with van der Waals surface area (Å²) in [6.45, 7) is 7.10. The number of hydrogen-bond acceptors (Lipinski definition) is 2. The van der Waals surface area contributed by atoms with Gasteiger partial charge in [0.1, 0.15) is 11.5 Å². The molecule has 1 aliphatic rings. The maximum absolute atomic E-state index is 12.4. The van der Waals surface area contributed by atoms with E-state index >= 15 is 0 Å². The van der Waals surface area contributed by atoms with E-state index in [9.17, 15) is 4.79 Å². The maximum Gasteiger partial charge on any atom is 0.257 e. The first-order valence-electron chi connectivity index (χ1n) is 6.00. The average molecular weight is 256 g/mol. The fraction of sp³-hybridized carbons (Fsp3) is 0.615. The van der Waals surface area contributed by atoms with Gasteiger partial charge in [0.25, 0.3) is 5.91 Å². The van der Waals surface area contributed by atoms with Crippen LogP contribution in [0.15, 0.2) is 4.42 Å². The molecule has 1 aromatic rings. The lowest BCUT2D eigenvalue weighted by Crippen LogP contribution is -2.40. The van der Waals surface area contributed by atoms with Crippen LogP contribution in [-0.2, 0) is 0 Å². The highest BCUT2D eigenvalue weighted by Gasteiger charge is 2.27. The van der Waals surface area contributed by atoms with Crippen LogP contribution in [-0.4, -0.2) is 29.3 Å². The van der Waals surface area contributed by atoms with Crippen molar-refractivity contribution in [3.05, 3.63) is 22.6 Å².